The Labute approximate surface area is 109 Å². The Hall–Kier alpha value is -0.650. The van der Waals surface area contributed by atoms with Crippen molar-refractivity contribution in [3.63, 3.8) is 0 Å². The molecule has 5 heteroatoms. The first kappa shape index (κ1) is 13.8. The lowest BCUT2D eigenvalue weighted by Crippen LogP contribution is -2.42. The molecule has 2 rings (SSSR count). The summed E-state index contributed by atoms with van der Waals surface area (Å²) in [6.07, 6.45) is 3.90. The van der Waals surface area contributed by atoms with Crippen molar-refractivity contribution >= 4 is 5.91 Å². The third-order valence-corrected chi connectivity index (χ3v) is 3.83. The number of fused-ring (bicyclic) bond motifs is 2. The van der Waals surface area contributed by atoms with Crippen LogP contribution in [0.25, 0.3) is 0 Å². The fourth-order valence-corrected chi connectivity index (χ4v) is 2.92. The van der Waals surface area contributed by atoms with Crippen LogP contribution in [0.4, 0.5) is 0 Å². The summed E-state index contributed by atoms with van der Waals surface area (Å²) in [5.74, 6) is 0.253. The van der Waals surface area contributed by atoms with E-state index in [1.54, 1.807) is 7.11 Å². The molecule has 18 heavy (non-hydrogen) atoms. The number of methoxy groups -OCH3 is 1. The molecule has 2 atom stereocenters. The molecule has 0 aromatic rings. The van der Waals surface area contributed by atoms with Crippen LogP contribution in [0.1, 0.15) is 25.7 Å². The summed E-state index contributed by atoms with van der Waals surface area (Å²) in [6.45, 7) is 3.65. The number of amides is 1. The van der Waals surface area contributed by atoms with Gasteiger partial charge in [0, 0.05) is 25.7 Å². The summed E-state index contributed by atoms with van der Waals surface area (Å²) < 4.78 is 10.3. The summed E-state index contributed by atoms with van der Waals surface area (Å²) in [5, 5.41) is 3.41. The van der Waals surface area contributed by atoms with Crippen LogP contribution in [-0.2, 0) is 14.3 Å². The quantitative estimate of drug-likeness (QED) is 0.699. The average molecular weight is 256 g/mol. The number of carbonyl (C=O) groups is 1. The minimum atomic E-state index is 0.253. The first-order valence-electron chi connectivity index (χ1n) is 6.91. The zero-order valence-electron chi connectivity index (χ0n) is 11.2. The molecule has 2 bridgehead atoms. The van der Waals surface area contributed by atoms with Gasteiger partial charge in [0.15, 0.2) is 0 Å². The van der Waals surface area contributed by atoms with Gasteiger partial charge in [0.05, 0.1) is 26.2 Å². The largest absolute Gasteiger partial charge is 0.382 e. The minimum absolute atomic E-state index is 0.253. The molecule has 2 fully saturated rings. The minimum Gasteiger partial charge on any atom is -0.382 e. The first-order chi connectivity index (χ1) is 8.83. The first-order valence-corrected chi connectivity index (χ1v) is 6.91. The number of hydrogen-bond acceptors (Lipinski definition) is 4. The van der Waals surface area contributed by atoms with E-state index in [9.17, 15) is 4.79 Å². The third kappa shape index (κ3) is 3.43. The molecule has 104 valence electrons. The summed E-state index contributed by atoms with van der Waals surface area (Å²) in [6, 6.07) is 0.862. The Kier molecular flexibility index (Phi) is 5.41. The van der Waals surface area contributed by atoms with Gasteiger partial charge in [0.1, 0.15) is 0 Å². The van der Waals surface area contributed by atoms with Crippen molar-refractivity contribution < 1.29 is 14.3 Å². The molecule has 2 saturated heterocycles. The Morgan fingerprint density at radius 1 is 1.22 bits per heavy atom. The van der Waals surface area contributed by atoms with Crippen LogP contribution in [-0.4, -0.2) is 62.9 Å². The van der Waals surface area contributed by atoms with Crippen LogP contribution in [0, 0.1) is 0 Å². The third-order valence-electron chi connectivity index (χ3n) is 3.83. The van der Waals surface area contributed by atoms with Gasteiger partial charge in [-0.15, -0.1) is 0 Å². The Morgan fingerprint density at radius 2 is 2.06 bits per heavy atom. The number of carbonyl (C=O) groups excluding carboxylic acids is 1. The maximum absolute atomic E-state index is 12.2. The van der Waals surface area contributed by atoms with Gasteiger partial charge in [-0.25, -0.2) is 0 Å². The predicted molar refractivity (Wildman–Crippen MR) is 68.5 cm³/mol. The van der Waals surface area contributed by atoms with Gasteiger partial charge in [-0.1, -0.05) is 0 Å². The molecular weight excluding hydrogens is 232 g/mol. The second kappa shape index (κ2) is 7.07. The van der Waals surface area contributed by atoms with Crippen LogP contribution in [0.15, 0.2) is 0 Å². The normalized spacial score (nSPS) is 27.3. The second-order valence-electron chi connectivity index (χ2n) is 5.03. The number of hydrogen-bond donors (Lipinski definition) is 1. The monoisotopic (exact) mass is 256 g/mol. The second-order valence-corrected chi connectivity index (χ2v) is 5.03. The number of nitrogens with zero attached hydrogens (tertiary/aromatic N) is 1. The van der Waals surface area contributed by atoms with Gasteiger partial charge in [-0.2, -0.15) is 0 Å². The van der Waals surface area contributed by atoms with Gasteiger partial charge >= 0.3 is 0 Å². The van der Waals surface area contributed by atoms with Crippen molar-refractivity contribution in [3.05, 3.63) is 0 Å². The van der Waals surface area contributed by atoms with Gasteiger partial charge < -0.3 is 19.7 Å². The highest BCUT2D eigenvalue weighted by Crippen LogP contribution is 2.28. The van der Waals surface area contributed by atoms with E-state index in [0.29, 0.717) is 38.3 Å². The molecule has 2 aliphatic heterocycles. The summed E-state index contributed by atoms with van der Waals surface area (Å²) in [5.41, 5.74) is 0. The zero-order chi connectivity index (χ0) is 12.8. The summed E-state index contributed by atoms with van der Waals surface area (Å²) >= 11 is 0. The van der Waals surface area contributed by atoms with Crippen LogP contribution in [0.3, 0.4) is 0 Å². The van der Waals surface area contributed by atoms with E-state index in [1.807, 2.05) is 0 Å². The molecule has 2 aliphatic rings. The van der Waals surface area contributed by atoms with Crippen LogP contribution in [0.5, 0.6) is 0 Å². The van der Waals surface area contributed by atoms with Gasteiger partial charge in [-0.05, 0) is 25.8 Å². The lowest BCUT2D eigenvalue weighted by Gasteiger charge is -2.27. The fourth-order valence-electron chi connectivity index (χ4n) is 2.92. The SMILES string of the molecule is COCCOCCC(=O)N1C2CCNCC1CC2. The van der Waals surface area contributed by atoms with E-state index in [-0.39, 0.29) is 5.91 Å². The molecule has 2 heterocycles. The van der Waals surface area contributed by atoms with Crippen LogP contribution >= 0.6 is 0 Å². The zero-order valence-corrected chi connectivity index (χ0v) is 11.2. The number of ether oxygens (including phenoxy) is 2. The summed E-state index contributed by atoms with van der Waals surface area (Å²) in [4.78, 5) is 14.3. The Bertz CT molecular complexity index is 259. The number of nitrogens with one attached hydrogen (secondary N) is 1. The van der Waals surface area contributed by atoms with E-state index in [4.69, 9.17) is 9.47 Å². The highest BCUT2D eigenvalue weighted by Gasteiger charge is 2.37. The Balaban J connectivity index is 1.74. The lowest BCUT2D eigenvalue weighted by molar-refractivity contribution is -0.135. The molecule has 0 aromatic heterocycles. The highest BCUT2D eigenvalue weighted by atomic mass is 16.5. The van der Waals surface area contributed by atoms with Crippen LogP contribution < -0.4 is 5.32 Å². The van der Waals surface area contributed by atoms with Gasteiger partial charge in [0.25, 0.3) is 0 Å². The smallest absolute Gasteiger partial charge is 0.225 e. The molecular formula is C13H24N2O3. The van der Waals surface area contributed by atoms with Gasteiger partial charge in [0.2, 0.25) is 5.91 Å². The van der Waals surface area contributed by atoms with Gasteiger partial charge in [-0.3, -0.25) is 4.79 Å². The molecule has 0 spiro atoms. The van der Waals surface area contributed by atoms with Crippen LogP contribution in [0.2, 0.25) is 0 Å². The molecule has 1 amide bonds. The average Bonchev–Trinajstić information content (AvgIpc) is 2.62. The molecule has 0 radical (unpaired) electrons. The lowest BCUT2D eigenvalue weighted by atomic mass is 10.1. The van der Waals surface area contributed by atoms with Crippen molar-refractivity contribution in [2.75, 3.05) is 40.0 Å². The van der Waals surface area contributed by atoms with Crippen molar-refractivity contribution in [2.24, 2.45) is 0 Å². The molecule has 1 N–H and O–H groups in total. The summed E-state index contributed by atoms with van der Waals surface area (Å²) in [7, 11) is 1.65. The predicted octanol–water partition coefficient (Wildman–Crippen LogP) is 0.392. The maximum Gasteiger partial charge on any atom is 0.225 e. The van der Waals surface area contributed by atoms with Crippen molar-refractivity contribution in [3.8, 4) is 0 Å². The van der Waals surface area contributed by atoms with E-state index < -0.39 is 0 Å². The standard InChI is InChI=1S/C13H24N2O3/c1-17-8-9-18-7-5-13(16)15-11-2-3-12(15)10-14-6-4-11/h11-12,14H,2-10H2,1H3. The fraction of sp³-hybridized carbons (Fsp3) is 0.923. The molecule has 0 saturated carbocycles. The van der Waals surface area contributed by atoms with Crippen molar-refractivity contribution in [2.45, 2.75) is 37.8 Å². The van der Waals surface area contributed by atoms with E-state index in [2.05, 4.69) is 10.2 Å². The number of rotatable bonds is 6. The van der Waals surface area contributed by atoms with E-state index in [0.717, 1.165) is 25.9 Å². The van der Waals surface area contributed by atoms with E-state index >= 15 is 0 Å². The van der Waals surface area contributed by atoms with Crippen molar-refractivity contribution in [1.82, 2.24) is 10.2 Å². The topological polar surface area (TPSA) is 50.8 Å². The van der Waals surface area contributed by atoms with Crippen molar-refractivity contribution in [1.29, 1.82) is 0 Å². The van der Waals surface area contributed by atoms with E-state index in [1.165, 1.54) is 6.42 Å². The molecule has 0 aromatic carbocycles. The molecule has 5 nitrogen and oxygen atoms in total. The Morgan fingerprint density at radius 3 is 2.89 bits per heavy atom. The highest BCUT2D eigenvalue weighted by molar-refractivity contribution is 5.77. The molecule has 2 unspecified atom stereocenters. The molecule has 0 aliphatic carbocycles. The maximum atomic E-state index is 12.2.